The summed E-state index contributed by atoms with van der Waals surface area (Å²) in [6, 6.07) is 9.14. The number of carbonyl (C=O) groups excluding carboxylic acids is 1. The van der Waals surface area contributed by atoms with Crippen molar-refractivity contribution in [3.63, 3.8) is 0 Å². The van der Waals surface area contributed by atoms with Gasteiger partial charge in [0.1, 0.15) is 5.69 Å². The van der Waals surface area contributed by atoms with Gasteiger partial charge in [-0.1, -0.05) is 12.1 Å². The number of carbonyl (C=O) groups is 1. The molecule has 8 nitrogen and oxygen atoms in total. The smallest absolute Gasteiger partial charge is 0.323 e. The van der Waals surface area contributed by atoms with Gasteiger partial charge in [-0.3, -0.25) is 4.68 Å². The second-order valence-electron chi connectivity index (χ2n) is 5.57. The highest BCUT2D eigenvalue weighted by Gasteiger charge is 2.16. The van der Waals surface area contributed by atoms with Gasteiger partial charge in [0.05, 0.1) is 19.3 Å². The van der Waals surface area contributed by atoms with Crippen molar-refractivity contribution >= 4 is 17.4 Å². The monoisotopic (exact) mass is 340 g/mol. The molecule has 0 bridgehead atoms. The van der Waals surface area contributed by atoms with Crippen molar-refractivity contribution in [2.75, 3.05) is 17.7 Å². The Balaban J connectivity index is 1.63. The predicted molar refractivity (Wildman–Crippen MR) is 94.9 cm³/mol. The van der Waals surface area contributed by atoms with Gasteiger partial charge in [0.15, 0.2) is 0 Å². The van der Waals surface area contributed by atoms with E-state index in [0.29, 0.717) is 29.5 Å². The standard InChI is InChI=1S/C17H20N6O2/c1-12-15(16(25-3)22(2)21-12)20-17(24)19-14-7-5-13(6-8-14)11-23-10-4-9-18-23/h4-10H,11H2,1-3H3,(H2,19,20,24). The highest BCUT2D eigenvalue weighted by molar-refractivity contribution is 6.00. The molecule has 2 N–H and O–H groups in total. The number of methoxy groups -OCH3 is 1. The van der Waals surface area contributed by atoms with E-state index in [4.69, 9.17) is 4.74 Å². The Bertz CT molecular complexity index is 852. The summed E-state index contributed by atoms with van der Waals surface area (Å²) in [5.41, 5.74) is 3.03. The fourth-order valence-corrected chi connectivity index (χ4v) is 2.57. The average molecular weight is 340 g/mol. The van der Waals surface area contributed by atoms with E-state index >= 15 is 0 Å². The van der Waals surface area contributed by atoms with Gasteiger partial charge in [-0.25, -0.2) is 9.48 Å². The molecule has 3 aromatic rings. The zero-order chi connectivity index (χ0) is 17.8. The minimum atomic E-state index is -0.353. The average Bonchev–Trinajstić information content (AvgIpc) is 3.18. The Morgan fingerprint density at radius 1 is 1.24 bits per heavy atom. The van der Waals surface area contributed by atoms with Gasteiger partial charge in [0, 0.05) is 25.1 Å². The van der Waals surface area contributed by atoms with Crippen LogP contribution in [-0.2, 0) is 13.6 Å². The molecule has 0 atom stereocenters. The van der Waals surface area contributed by atoms with Crippen molar-refractivity contribution in [3.8, 4) is 5.88 Å². The zero-order valence-corrected chi connectivity index (χ0v) is 14.4. The van der Waals surface area contributed by atoms with Crippen molar-refractivity contribution in [1.82, 2.24) is 19.6 Å². The molecule has 25 heavy (non-hydrogen) atoms. The predicted octanol–water partition coefficient (Wildman–Crippen LogP) is 2.63. The van der Waals surface area contributed by atoms with Crippen LogP contribution in [0.25, 0.3) is 0 Å². The van der Waals surface area contributed by atoms with Gasteiger partial charge in [-0.15, -0.1) is 0 Å². The number of aryl methyl sites for hydroxylation is 2. The molecule has 0 saturated heterocycles. The van der Waals surface area contributed by atoms with Crippen molar-refractivity contribution in [2.45, 2.75) is 13.5 Å². The summed E-state index contributed by atoms with van der Waals surface area (Å²) >= 11 is 0. The second kappa shape index (κ2) is 7.08. The number of nitrogens with zero attached hydrogens (tertiary/aromatic N) is 4. The first kappa shape index (κ1) is 16.6. The molecular formula is C17H20N6O2. The summed E-state index contributed by atoms with van der Waals surface area (Å²) < 4.78 is 8.68. The number of urea groups is 1. The van der Waals surface area contributed by atoms with Crippen LogP contribution in [0.2, 0.25) is 0 Å². The highest BCUT2D eigenvalue weighted by atomic mass is 16.5. The van der Waals surface area contributed by atoms with Gasteiger partial charge < -0.3 is 15.4 Å². The summed E-state index contributed by atoms with van der Waals surface area (Å²) in [5.74, 6) is 0.502. The number of ether oxygens (including phenoxy) is 1. The van der Waals surface area contributed by atoms with Crippen LogP contribution in [0.3, 0.4) is 0 Å². The topological polar surface area (TPSA) is 86.0 Å². The maximum Gasteiger partial charge on any atom is 0.323 e. The molecule has 0 spiro atoms. The summed E-state index contributed by atoms with van der Waals surface area (Å²) in [7, 11) is 3.30. The van der Waals surface area contributed by atoms with E-state index in [-0.39, 0.29) is 6.03 Å². The maximum atomic E-state index is 12.2. The third-order valence-corrected chi connectivity index (χ3v) is 3.72. The molecule has 1 aromatic carbocycles. The Hall–Kier alpha value is -3.29. The number of rotatable bonds is 5. The molecule has 0 aliphatic rings. The first-order valence-corrected chi connectivity index (χ1v) is 7.79. The lowest BCUT2D eigenvalue weighted by molar-refractivity contribution is 0.262. The van der Waals surface area contributed by atoms with Gasteiger partial charge in [-0.2, -0.15) is 10.2 Å². The van der Waals surface area contributed by atoms with Gasteiger partial charge >= 0.3 is 6.03 Å². The first-order chi connectivity index (χ1) is 12.1. The van der Waals surface area contributed by atoms with Crippen molar-refractivity contribution in [2.24, 2.45) is 7.05 Å². The van der Waals surface area contributed by atoms with E-state index in [0.717, 1.165) is 5.56 Å². The quantitative estimate of drug-likeness (QED) is 0.747. The number of nitrogens with one attached hydrogen (secondary N) is 2. The molecule has 0 aliphatic heterocycles. The second-order valence-corrected chi connectivity index (χ2v) is 5.57. The van der Waals surface area contributed by atoms with Crippen LogP contribution < -0.4 is 15.4 Å². The third kappa shape index (κ3) is 3.79. The van der Waals surface area contributed by atoms with Crippen LogP contribution in [0.4, 0.5) is 16.2 Å². The van der Waals surface area contributed by atoms with E-state index in [1.165, 1.54) is 7.11 Å². The van der Waals surface area contributed by atoms with E-state index in [2.05, 4.69) is 20.8 Å². The van der Waals surface area contributed by atoms with Gasteiger partial charge in [-0.05, 0) is 30.7 Å². The molecule has 2 aromatic heterocycles. The third-order valence-electron chi connectivity index (χ3n) is 3.72. The van der Waals surface area contributed by atoms with E-state index in [1.807, 2.05) is 48.1 Å². The van der Waals surface area contributed by atoms with Crippen LogP contribution in [0.5, 0.6) is 5.88 Å². The zero-order valence-electron chi connectivity index (χ0n) is 14.4. The summed E-state index contributed by atoms with van der Waals surface area (Å²) in [6.07, 6.45) is 3.65. The fourth-order valence-electron chi connectivity index (χ4n) is 2.57. The highest BCUT2D eigenvalue weighted by Crippen LogP contribution is 2.27. The molecule has 0 radical (unpaired) electrons. The molecule has 0 unspecified atom stereocenters. The van der Waals surface area contributed by atoms with E-state index < -0.39 is 0 Å². The van der Waals surface area contributed by atoms with E-state index in [9.17, 15) is 4.79 Å². The Kier molecular flexibility index (Phi) is 4.69. The van der Waals surface area contributed by atoms with Crippen molar-refractivity contribution < 1.29 is 9.53 Å². The summed E-state index contributed by atoms with van der Waals surface area (Å²) in [4.78, 5) is 12.2. The SMILES string of the molecule is COc1c(NC(=O)Nc2ccc(Cn3cccn3)cc2)c(C)nn1C. The molecule has 8 heteroatoms. The largest absolute Gasteiger partial charge is 0.480 e. The van der Waals surface area contributed by atoms with Crippen molar-refractivity contribution in [1.29, 1.82) is 0 Å². The molecule has 0 saturated carbocycles. The summed E-state index contributed by atoms with van der Waals surface area (Å²) in [6.45, 7) is 2.49. The van der Waals surface area contributed by atoms with Crippen molar-refractivity contribution in [3.05, 3.63) is 54.0 Å². The normalized spacial score (nSPS) is 10.5. The Morgan fingerprint density at radius 3 is 2.64 bits per heavy atom. The van der Waals surface area contributed by atoms with Crippen LogP contribution in [0.15, 0.2) is 42.7 Å². The lowest BCUT2D eigenvalue weighted by Gasteiger charge is -2.09. The van der Waals surface area contributed by atoms with Gasteiger partial charge in [0.2, 0.25) is 5.88 Å². The van der Waals surface area contributed by atoms with E-state index in [1.54, 1.807) is 17.9 Å². The van der Waals surface area contributed by atoms with Crippen LogP contribution in [-0.4, -0.2) is 32.7 Å². The number of benzene rings is 1. The lowest BCUT2D eigenvalue weighted by Crippen LogP contribution is -2.20. The molecule has 0 aliphatic carbocycles. The Morgan fingerprint density at radius 2 is 2.00 bits per heavy atom. The molecule has 2 heterocycles. The van der Waals surface area contributed by atoms with Crippen LogP contribution in [0.1, 0.15) is 11.3 Å². The number of hydrogen-bond acceptors (Lipinski definition) is 4. The Labute approximate surface area is 145 Å². The molecular weight excluding hydrogens is 320 g/mol. The summed E-state index contributed by atoms with van der Waals surface area (Å²) in [5, 5.41) is 14.0. The molecule has 3 rings (SSSR count). The molecule has 2 amide bonds. The number of aromatic nitrogens is 4. The maximum absolute atomic E-state index is 12.2. The lowest BCUT2D eigenvalue weighted by atomic mass is 10.2. The van der Waals surface area contributed by atoms with Crippen LogP contribution in [0, 0.1) is 6.92 Å². The first-order valence-electron chi connectivity index (χ1n) is 7.79. The minimum Gasteiger partial charge on any atom is -0.480 e. The fraction of sp³-hybridized carbons (Fsp3) is 0.235. The minimum absolute atomic E-state index is 0.353. The number of anilines is 2. The molecule has 0 fully saturated rings. The van der Waals surface area contributed by atoms with Crippen LogP contribution >= 0.6 is 0 Å². The molecule has 130 valence electrons. The number of hydrogen-bond donors (Lipinski definition) is 2. The van der Waals surface area contributed by atoms with Gasteiger partial charge in [0.25, 0.3) is 0 Å². The number of amides is 2.